The fourth-order valence-corrected chi connectivity index (χ4v) is 4.09. The molecule has 1 saturated carbocycles. The molecule has 0 N–H and O–H groups in total. The number of nitrogens with zero attached hydrogens (tertiary/aromatic N) is 5. The molecule has 0 saturated heterocycles. The zero-order valence-corrected chi connectivity index (χ0v) is 19.6. The van der Waals surface area contributed by atoms with E-state index in [4.69, 9.17) is 0 Å². The fraction of sp³-hybridized carbons (Fsp3) is 0.391. The molecule has 1 fully saturated rings. The predicted octanol–water partition coefficient (Wildman–Crippen LogP) is 3.88. The molecule has 0 aliphatic heterocycles. The number of pyridine rings is 2. The normalized spacial score (nSPS) is 14.3. The predicted molar refractivity (Wildman–Crippen MR) is 120 cm³/mol. The Hall–Kier alpha value is -3.08. The van der Waals surface area contributed by atoms with E-state index in [1.54, 1.807) is 12.1 Å². The van der Waals surface area contributed by atoms with Gasteiger partial charge < -0.3 is 4.90 Å². The summed E-state index contributed by atoms with van der Waals surface area (Å²) in [6, 6.07) is 6.03. The van der Waals surface area contributed by atoms with E-state index in [0.717, 1.165) is 26.0 Å². The Bertz CT molecular complexity index is 1260. The minimum Gasteiger partial charge on any atom is -0.347 e. The third-order valence-electron chi connectivity index (χ3n) is 5.57. The summed E-state index contributed by atoms with van der Waals surface area (Å²) in [7, 11) is -3.34. The average Bonchev–Trinajstić information content (AvgIpc) is 3.62. The van der Waals surface area contributed by atoms with Gasteiger partial charge in [0.2, 0.25) is 0 Å². The van der Waals surface area contributed by atoms with Crippen LogP contribution in [0.15, 0.2) is 47.9 Å². The summed E-state index contributed by atoms with van der Waals surface area (Å²) >= 11 is 0. The Morgan fingerprint density at radius 3 is 2.35 bits per heavy atom. The van der Waals surface area contributed by atoms with Gasteiger partial charge in [0.1, 0.15) is 12.0 Å². The van der Waals surface area contributed by atoms with Gasteiger partial charge >= 0.3 is 0 Å². The lowest BCUT2D eigenvalue weighted by Gasteiger charge is -2.24. The smallest absolute Gasteiger partial charge is 0.286 e. The highest BCUT2D eigenvalue weighted by molar-refractivity contribution is 7.90. The summed E-state index contributed by atoms with van der Waals surface area (Å²) in [6.07, 6.45) is 7.48. The Balaban J connectivity index is 1.50. The highest BCUT2D eigenvalue weighted by Crippen LogP contribution is 2.34. The molecule has 0 bridgehead atoms. The second kappa shape index (κ2) is 9.28. The molecular weight excluding hydrogens is 467 g/mol. The molecule has 0 radical (unpaired) electrons. The fourth-order valence-electron chi connectivity index (χ4n) is 3.53. The van der Waals surface area contributed by atoms with Gasteiger partial charge in [0.25, 0.3) is 5.92 Å². The van der Waals surface area contributed by atoms with Gasteiger partial charge in [-0.25, -0.2) is 22.8 Å². The second-order valence-corrected chi connectivity index (χ2v) is 10.5. The zero-order valence-electron chi connectivity index (χ0n) is 18.7. The van der Waals surface area contributed by atoms with Crippen LogP contribution in [-0.4, -0.2) is 40.7 Å². The summed E-state index contributed by atoms with van der Waals surface area (Å²) in [5.74, 6) is -3.40. The molecule has 0 unspecified atom stereocenters. The lowest BCUT2D eigenvalue weighted by atomic mass is 10.1. The number of alkyl halides is 2. The molecule has 0 atom stereocenters. The van der Waals surface area contributed by atoms with Crippen LogP contribution in [0.4, 0.5) is 19.0 Å². The molecule has 34 heavy (non-hydrogen) atoms. The Morgan fingerprint density at radius 2 is 1.79 bits per heavy atom. The molecule has 4 rings (SSSR count). The molecule has 11 heteroatoms. The maximum Gasteiger partial charge on any atom is 0.286 e. The van der Waals surface area contributed by atoms with Crippen molar-refractivity contribution in [3.8, 4) is 0 Å². The van der Waals surface area contributed by atoms with Crippen LogP contribution < -0.4 is 4.90 Å². The topological polar surface area (TPSA) is 88.9 Å². The van der Waals surface area contributed by atoms with Crippen LogP contribution >= 0.6 is 0 Å². The van der Waals surface area contributed by atoms with E-state index in [2.05, 4.69) is 19.9 Å². The molecular formula is C23H24F3N5O2S. The summed E-state index contributed by atoms with van der Waals surface area (Å²) in [4.78, 5) is 18.2. The molecule has 1 aliphatic rings. The number of aryl methyl sites for hydroxylation is 2. The van der Waals surface area contributed by atoms with E-state index in [1.165, 1.54) is 30.9 Å². The number of hydrogen-bond donors (Lipinski definition) is 0. The SMILES string of the molecule is CC(F)(F)c1ccc(CN(c2ncnc(CCc3ccc(S(C)(=O)=O)cn3)c2F)C2CC2)cn1. The van der Waals surface area contributed by atoms with E-state index < -0.39 is 21.6 Å². The number of sulfone groups is 1. The monoisotopic (exact) mass is 491 g/mol. The van der Waals surface area contributed by atoms with Crippen LogP contribution in [0.3, 0.4) is 0 Å². The standard InChI is InChI=1S/C23H24F3N5O2S/c1-23(25,26)20-10-3-15(11-28-20)13-31(17-6-7-17)22-21(24)19(29-14-30-22)9-5-16-4-8-18(12-27-16)34(2,32)33/h3-4,8,10-12,14,17H,5-7,9,13H2,1-2H3. The van der Waals surface area contributed by atoms with Crippen LogP contribution in [0.1, 0.15) is 42.4 Å². The molecule has 7 nitrogen and oxygen atoms in total. The van der Waals surface area contributed by atoms with Crippen molar-refractivity contribution in [2.45, 2.75) is 56.0 Å². The number of halogens is 3. The van der Waals surface area contributed by atoms with Gasteiger partial charge in [-0.05, 0) is 49.4 Å². The minimum atomic E-state index is -3.34. The molecule has 180 valence electrons. The Kier molecular flexibility index (Phi) is 6.57. The minimum absolute atomic E-state index is 0.106. The van der Waals surface area contributed by atoms with Crippen molar-refractivity contribution >= 4 is 15.7 Å². The quantitative estimate of drug-likeness (QED) is 0.449. The van der Waals surface area contributed by atoms with Crippen molar-refractivity contribution < 1.29 is 21.6 Å². The Morgan fingerprint density at radius 1 is 1.03 bits per heavy atom. The maximum absolute atomic E-state index is 15.4. The van der Waals surface area contributed by atoms with Crippen LogP contribution in [0.5, 0.6) is 0 Å². The summed E-state index contributed by atoms with van der Waals surface area (Å²) in [5.41, 5.74) is 1.20. The van der Waals surface area contributed by atoms with Gasteiger partial charge in [-0.2, -0.15) is 8.78 Å². The first-order chi connectivity index (χ1) is 16.0. The van der Waals surface area contributed by atoms with Gasteiger partial charge in [0, 0.05) is 43.9 Å². The first-order valence-electron chi connectivity index (χ1n) is 10.8. The largest absolute Gasteiger partial charge is 0.347 e. The first kappa shape index (κ1) is 24.1. The van der Waals surface area contributed by atoms with Crippen molar-refractivity contribution in [3.63, 3.8) is 0 Å². The summed E-state index contributed by atoms with van der Waals surface area (Å²) < 4.78 is 65.4. The van der Waals surface area contributed by atoms with Crippen LogP contribution in [0.25, 0.3) is 0 Å². The van der Waals surface area contributed by atoms with Gasteiger partial charge in [-0.3, -0.25) is 9.97 Å². The van der Waals surface area contributed by atoms with E-state index in [0.29, 0.717) is 17.7 Å². The van der Waals surface area contributed by atoms with E-state index in [1.807, 2.05) is 4.90 Å². The van der Waals surface area contributed by atoms with Crippen LogP contribution in [0, 0.1) is 5.82 Å². The third-order valence-corrected chi connectivity index (χ3v) is 6.67. The van der Waals surface area contributed by atoms with E-state index >= 15 is 4.39 Å². The lowest BCUT2D eigenvalue weighted by molar-refractivity contribution is 0.0127. The molecule has 0 amide bonds. The number of aromatic nitrogens is 4. The third kappa shape index (κ3) is 5.69. The molecule has 1 aliphatic carbocycles. The lowest BCUT2D eigenvalue weighted by Crippen LogP contribution is -2.28. The maximum atomic E-state index is 15.4. The van der Waals surface area contributed by atoms with Crippen LogP contribution in [-0.2, 0) is 35.1 Å². The molecule has 3 aromatic rings. The number of hydrogen-bond acceptors (Lipinski definition) is 7. The summed E-state index contributed by atoms with van der Waals surface area (Å²) in [6.45, 7) is 1.08. The number of anilines is 1. The van der Waals surface area contributed by atoms with Gasteiger partial charge in [-0.15, -0.1) is 0 Å². The van der Waals surface area contributed by atoms with Gasteiger partial charge in [0.05, 0.1) is 10.6 Å². The van der Waals surface area contributed by atoms with Crippen molar-refractivity contribution in [2.24, 2.45) is 0 Å². The number of rotatable bonds is 9. The molecule has 3 aromatic heterocycles. The zero-order chi connectivity index (χ0) is 24.5. The highest BCUT2D eigenvalue weighted by atomic mass is 32.2. The molecule has 3 heterocycles. The van der Waals surface area contributed by atoms with Gasteiger partial charge in [-0.1, -0.05) is 6.07 Å². The van der Waals surface area contributed by atoms with Crippen molar-refractivity contribution in [1.82, 2.24) is 19.9 Å². The first-order valence-corrected chi connectivity index (χ1v) is 12.7. The van der Waals surface area contributed by atoms with Crippen molar-refractivity contribution in [3.05, 3.63) is 71.4 Å². The van der Waals surface area contributed by atoms with Gasteiger partial charge in [0.15, 0.2) is 21.5 Å². The highest BCUT2D eigenvalue weighted by Gasteiger charge is 2.33. The van der Waals surface area contributed by atoms with E-state index in [9.17, 15) is 17.2 Å². The van der Waals surface area contributed by atoms with Crippen molar-refractivity contribution in [1.29, 1.82) is 0 Å². The van der Waals surface area contributed by atoms with E-state index in [-0.39, 0.29) is 41.1 Å². The average molecular weight is 492 g/mol. The molecule has 0 spiro atoms. The van der Waals surface area contributed by atoms with Crippen molar-refractivity contribution in [2.75, 3.05) is 11.2 Å². The second-order valence-electron chi connectivity index (χ2n) is 8.51. The molecule has 0 aromatic carbocycles. The summed E-state index contributed by atoms with van der Waals surface area (Å²) in [5, 5.41) is 0. The Labute approximate surface area is 196 Å². The van der Waals surface area contributed by atoms with Crippen LogP contribution in [0.2, 0.25) is 0 Å².